The Hall–Kier alpha value is -6.40. The van der Waals surface area contributed by atoms with Crippen molar-refractivity contribution in [3.05, 3.63) is 181 Å². The molecule has 0 aliphatic carbocycles. The number of benzene rings is 9. The van der Waals surface area contributed by atoms with Crippen LogP contribution in [0.15, 0.2) is 170 Å². The van der Waals surface area contributed by atoms with Crippen molar-refractivity contribution in [2.45, 2.75) is 12.4 Å². The average molecular weight is 719 g/mol. The second kappa shape index (κ2) is 12.6. The summed E-state index contributed by atoms with van der Waals surface area (Å²) in [5, 5.41) is 8.49. The van der Waals surface area contributed by atoms with Gasteiger partial charge < -0.3 is 0 Å². The number of halogens is 6. The van der Waals surface area contributed by atoms with Gasteiger partial charge in [0.1, 0.15) is 0 Å². The lowest BCUT2D eigenvalue weighted by atomic mass is 9.83. The molecule has 0 fully saturated rings. The van der Waals surface area contributed by atoms with E-state index in [0.29, 0.717) is 11.1 Å². The van der Waals surface area contributed by atoms with Crippen LogP contribution in [0.1, 0.15) is 11.1 Å². The summed E-state index contributed by atoms with van der Waals surface area (Å²) in [5.41, 5.74) is 5.65. The van der Waals surface area contributed by atoms with Crippen LogP contribution in [-0.4, -0.2) is 0 Å². The van der Waals surface area contributed by atoms with Gasteiger partial charge in [-0.2, -0.15) is 26.3 Å². The molecule has 0 aliphatic heterocycles. The summed E-state index contributed by atoms with van der Waals surface area (Å²) in [6, 6.07) is 51.7. The van der Waals surface area contributed by atoms with Gasteiger partial charge in [-0.15, -0.1) is 0 Å². The highest BCUT2D eigenvalue weighted by atomic mass is 19.4. The number of rotatable bonds is 4. The molecule has 0 unspecified atom stereocenters. The summed E-state index contributed by atoms with van der Waals surface area (Å²) in [6.45, 7) is 0. The third-order valence-corrected chi connectivity index (χ3v) is 10.3. The van der Waals surface area contributed by atoms with Crippen molar-refractivity contribution in [3.63, 3.8) is 0 Å². The van der Waals surface area contributed by atoms with Crippen LogP contribution >= 0.6 is 0 Å². The highest BCUT2D eigenvalue weighted by Gasteiger charge is 2.31. The molecule has 0 aliphatic rings. The number of hydrogen-bond acceptors (Lipinski definition) is 0. The topological polar surface area (TPSA) is 0 Å². The van der Waals surface area contributed by atoms with E-state index in [9.17, 15) is 26.3 Å². The Morgan fingerprint density at radius 1 is 0.259 bits per heavy atom. The lowest BCUT2D eigenvalue weighted by molar-refractivity contribution is -0.138. The molecule has 6 heteroatoms. The van der Waals surface area contributed by atoms with Crippen LogP contribution in [0, 0.1) is 0 Å². The van der Waals surface area contributed by atoms with Gasteiger partial charge in [0, 0.05) is 0 Å². The van der Waals surface area contributed by atoms with Gasteiger partial charge >= 0.3 is 12.4 Å². The molecule has 262 valence electrons. The fraction of sp³-hybridized carbons (Fsp3) is 0.0417. The van der Waals surface area contributed by atoms with Crippen LogP contribution in [-0.2, 0) is 12.4 Å². The maximum absolute atomic E-state index is 13.3. The zero-order chi connectivity index (χ0) is 37.2. The molecule has 0 bridgehead atoms. The summed E-state index contributed by atoms with van der Waals surface area (Å²) in [6.07, 6.45) is -8.81. The molecule has 0 atom stereocenters. The van der Waals surface area contributed by atoms with Crippen molar-refractivity contribution in [3.8, 4) is 44.5 Å². The molecule has 0 radical (unpaired) electrons. The van der Waals surface area contributed by atoms with Gasteiger partial charge in [0.2, 0.25) is 0 Å². The van der Waals surface area contributed by atoms with Crippen molar-refractivity contribution in [1.82, 2.24) is 0 Å². The van der Waals surface area contributed by atoms with Gasteiger partial charge in [-0.3, -0.25) is 0 Å². The fourth-order valence-electron chi connectivity index (χ4n) is 7.58. The predicted molar refractivity (Wildman–Crippen MR) is 208 cm³/mol. The molecular formula is C48H28F6. The van der Waals surface area contributed by atoms with E-state index in [1.54, 1.807) is 0 Å². The van der Waals surface area contributed by atoms with E-state index < -0.39 is 23.5 Å². The van der Waals surface area contributed by atoms with Crippen molar-refractivity contribution >= 4 is 43.1 Å². The zero-order valence-corrected chi connectivity index (χ0v) is 28.4. The average Bonchev–Trinajstić information content (AvgIpc) is 3.18. The zero-order valence-electron chi connectivity index (χ0n) is 28.4. The van der Waals surface area contributed by atoms with E-state index in [1.165, 1.54) is 24.3 Å². The van der Waals surface area contributed by atoms with E-state index in [-0.39, 0.29) is 0 Å². The van der Waals surface area contributed by atoms with Gasteiger partial charge in [0.15, 0.2) is 0 Å². The van der Waals surface area contributed by atoms with Crippen molar-refractivity contribution in [2.75, 3.05) is 0 Å². The van der Waals surface area contributed by atoms with Crippen LogP contribution in [0.4, 0.5) is 26.3 Å². The summed E-state index contributed by atoms with van der Waals surface area (Å²) >= 11 is 0. The standard InChI is InChI=1S/C48H28F6/c49-47(50,51)39-21-17-31(18-22-39)29-9-13-33(14-10-29)45-41-25-35-5-1-2-6-36(35)26-42(41)46(44-28-38-8-4-3-7-37(38)27-43(44)45)34-15-11-30(12-16-34)32-19-23-40(24-20-32)48(52,53)54/h1-28H. The van der Waals surface area contributed by atoms with Crippen LogP contribution < -0.4 is 0 Å². The van der Waals surface area contributed by atoms with Crippen LogP contribution in [0.5, 0.6) is 0 Å². The van der Waals surface area contributed by atoms with E-state index >= 15 is 0 Å². The predicted octanol–water partition coefficient (Wildman–Crippen LogP) is 15.0. The lowest BCUT2D eigenvalue weighted by Crippen LogP contribution is -2.03. The minimum atomic E-state index is -4.40. The first-order valence-electron chi connectivity index (χ1n) is 17.4. The highest BCUT2D eigenvalue weighted by molar-refractivity contribution is 6.25. The molecule has 9 aromatic carbocycles. The first-order valence-corrected chi connectivity index (χ1v) is 17.4. The minimum Gasteiger partial charge on any atom is -0.166 e. The molecule has 0 N–H and O–H groups in total. The molecule has 54 heavy (non-hydrogen) atoms. The molecule has 0 heterocycles. The maximum Gasteiger partial charge on any atom is 0.416 e. The van der Waals surface area contributed by atoms with E-state index in [4.69, 9.17) is 0 Å². The molecule has 0 saturated carbocycles. The van der Waals surface area contributed by atoms with E-state index in [1.807, 2.05) is 72.8 Å². The van der Waals surface area contributed by atoms with Crippen molar-refractivity contribution in [2.24, 2.45) is 0 Å². The van der Waals surface area contributed by atoms with E-state index in [2.05, 4.69) is 48.5 Å². The maximum atomic E-state index is 13.3. The number of fused-ring (bicyclic) bond motifs is 4. The molecular weight excluding hydrogens is 691 g/mol. The first-order chi connectivity index (χ1) is 26.0. The summed E-state index contributed by atoms with van der Waals surface area (Å²) in [5.74, 6) is 0. The second-order valence-electron chi connectivity index (χ2n) is 13.5. The SMILES string of the molecule is FC(F)(F)c1ccc(-c2ccc(-c3c4cc5ccccc5cc4c(-c4ccc(-c5ccc(C(F)(F)F)cc5)cc4)c4cc5ccccc5cc34)cc2)cc1. The first kappa shape index (κ1) is 33.4. The molecule has 9 aromatic rings. The van der Waals surface area contributed by atoms with Gasteiger partial charge in [-0.1, -0.05) is 121 Å². The van der Waals surface area contributed by atoms with Crippen LogP contribution in [0.3, 0.4) is 0 Å². The Kier molecular flexibility index (Phi) is 7.82. The van der Waals surface area contributed by atoms with E-state index in [0.717, 1.165) is 101 Å². The van der Waals surface area contributed by atoms with Crippen LogP contribution in [0.25, 0.3) is 87.6 Å². The Morgan fingerprint density at radius 3 is 0.722 bits per heavy atom. The van der Waals surface area contributed by atoms with Crippen molar-refractivity contribution in [1.29, 1.82) is 0 Å². The quantitative estimate of drug-likeness (QED) is 0.126. The summed E-state index contributed by atoms with van der Waals surface area (Å²) in [7, 11) is 0. The molecule has 0 amide bonds. The minimum absolute atomic E-state index is 0.686. The second-order valence-corrected chi connectivity index (χ2v) is 13.5. The number of alkyl halides is 6. The largest absolute Gasteiger partial charge is 0.416 e. The van der Waals surface area contributed by atoms with Crippen LogP contribution in [0.2, 0.25) is 0 Å². The Labute approximate surface area is 306 Å². The fourth-order valence-corrected chi connectivity index (χ4v) is 7.58. The number of hydrogen-bond donors (Lipinski definition) is 0. The van der Waals surface area contributed by atoms with Gasteiger partial charge in [0.25, 0.3) is 0 Å². The molecule has 0 spiro atoms. The van der Waals surface area contributed by atoms with Gasteiger partial charge in [-0.05, 0) is 136 Å². The monoisotopic (exact) mass is 718 g/mol. The van der Waals surface area contributed by atoms with Crippen molar-refractivity contribution < 1.29 is 26.3 Å². The molecule has 0 saturated heterocycles. The Morgan fingerprint density at radius 2 is 0.481 bits per heavy atom. The summed E-state index contributed by atoms with van der Waals surface area (Å²) in [4.78, 5) is 0. The Bertz CT molecular complexity index is 2550. The molecule has 9 rings (SSSR count). The molecule has 0 nitrogen and oxygen atoms in total. The van der Waals surface area contributed by atoms with Gasteiger partial charge in [-0.25, -0.2) is 0 Å². The van der Waals surface area contributed by atoms with Gasteiger partial charge in [0.05, 0.1) is 11.1 Å². The Balaban J connectivity index is 1.26. The third kappa shape index (κ3) is 5.94. The third-order valence-electron chi connectivity index (χ3n) is 10.3. The highest BCUT2D eigenvalue weighted by Crippen LogP contribution is 2.47. The smallest absolute Gasteiger partial charge is 0.166 e. The molecule has 0 aromatic heterocycles. The summed E-state index contributed by atoms with van der Waals surface area (Å²) < 4.78 is 79.5. The lowest BCUT2D eigenvalue weighted by Gasteiger charge is -2.20. The normalized spacial score (nSPS) is 12.3.